The first-order chi connectivity index (χ1) is 9.03. The molecule has 0 spiro atoms. The van der Waals surface area contributed by atoms with Gasteiger partial charge >= 0.3 is 6.09 Å². The average Bonchev–Trinajstić information content (AvgIpc) is 2.90. The standard InChI is InChI=1S/C9H9N5O4S/c10-13-19(16,17)8-11-6-14(12-8)9(15)18-7-4-2-1-3-5-7/h1-6,13H,10H2. The van der Waals surface area contributed by atoms with Gasteiger partial charge in [-0.25, -0.2) is 18.2 Å². The monoisotopic (exact) mass is 283 g/mol. The van der Waals surface area contributed by atoms with Gasteiger partial charge in [-0.3, -0.25) is 5.84 Å². The molecule has 0 aliphatic heterocycles. The minimum atomic E-state index is -4.01. The molecule has 2 rings (SSSR count). The summed E-state index contributed by atoms with van der Waals surface area (Å²) in [6.45, 7) is 0. The lowest BCUT2D eigenvalue weighted by Crippen LogP contribution is -2.31. The quantitative estimate of drug-likeness (QED) is 0.572. The van der Waals surface area contributed by atoms with E-state index in [4.69, 9.17) is 10.6 Å². The molecule has 1 aromatic heterocycles. The Bertz CT molecular complexity index is 682. The third-order valence-electron chi connectivity index (χ3n) is 2.00. The maximum Gasteiger partial charge on any atom is 0.441 e. The van der Waals surface area contributed by atoms with E-state index in [9.17, 15) is 13.2 Å². The number of hydrogen-bond acceptors (Lipinski definition) is 7. The number of nitrogens with two attached hydrogens (primary N) is 1. The minimum Gasteiger partial charge on any atom is -0.409 e. The Morgan fingerprint density at radius 1 is 1.32 bits per heavy atom. The highest BCUT2D eigenvalue weighted by Crippen LogP contribution is 2.09. The summed E-state index contributed by atoms with van der Waals surface area (Å²) < 4.78 is 28.1. The second-order valence-corrected chi connectivity index (χ2v) is 4.88. The first kappa shape index (κ1) is 13.1. The van der Waals surface area contributed by atoms with Gasteiger partial charge in [0.05, 0.1) is 0 Å². The number of hydrogen-bond donors (Lipinski definition) is 2. The maximum absolute atomic E-state index is 11.6. The molecule has 100 valence electrons. The highest BCUT2D eigenvalue weighted by Gasteiger charge is 2.20. The molecule has 3 N–H and O–H groups in total. The number of aromatic nitrogens is 3. The smallest absolute Gasteiger partial charge is 0.409 e. The van der Waals surface area contributed by atoms with Crippen LogP contribution in [0.2, 0.25) is 0 Å². The van der Waals surface area contributed by atoms with Gasteiger partial charge in [-0.1, -0.05) is 18.2 Å². The lowest BCUT2D eigenvalue weighted by atomic mass is 10.3. The fraction of sp³-hybridized carbons (Fsp3) is 0. The summed E-state index contributed by atoms with van der Waals surface area (Å²) in [6, 6.07) is 8.24. The molecule has 0 aliphatic carbocycles. The van der Waals surface area contributed by atoms with Crippen molar-refractivity contribution in [3.63, 3.8) is 0 Å². The number of para-hydroxylation sites is 1. The van der Waals surface area contributed by atoms with Gasteiger partial charge < -0.3 is 4.74 Å². The number of sulfonamides is 1. The number of ether oxygens (including phenoxy) is 1. The van der Waals surface area contributed by atoms with E-state index in [-0.39, 0.29) is 0 Å². The van der Waals surface area contributed by atoms with E-state index in [1.807, 2.05) is 0 Å². The van der Waals surface area contributed by atoms with Crippen molar-refractivity contribution in [2.75, 3.05) is 0 Å². The highest BCUT2D eigenvalue weighted by atomic mass is 32.2. The number of rotatable bonds is 3. The Balaban J connectivity index is 2.18. The first-order valence-corrected chi connectivity index (χ1v) is 6.42. The lowest BCUT2D eigenvalue weighted by Gasteiger charge is -2.02. The summed E-state index contributed by atoms with van der Waals surface area (Å²) >= 11 is 0. The van der Waals surface area contributed by atoms with Crippen molar-refractivity contribution in [1.82, 2.24) is 19.6 Å². The van der Waals surface area contributed by atoms with Crippen molar-refractivity contribution in [2.45, 2.75) is 5.16 Å². The maximum atomic E-state index is 11.6. The van der Waals surface area contributed by atoms with Gasteiger partial charge in [0.1, 0.15) is 12.1 Å². The van der Waals surface area contributed by atoms with Crippen LogP contribution in [0.15, 0.2) is 41.8 Å². The van der Waals surface area contributed by atoms with Gasteiger partial charge in [-0.15, -0.1) is 9.93 Å². The van der Waals surface area contributed by atoms with E-state index < -0.39 is 21.3 Å². The zero-order chi connectivity index (χ0) is 13.9. The summed E-state index contributed by atoms with van der Waals surface area (Å²) in [4.78, 5) is 16.6. The second-order valence-electron chi connectivity index (χ2n) is 3.27. The molecule has 0 bridgehead atoms. The van der Waals surface area contributed by atoms with E-state index in [1.54, 1.807) is 35.2 Å². The van der Waals surface area contributed by atoms with Crippen LogP contribution in [0.5, 0.6) is 5.75 Å². The summed E-state index contributed by atoms with van der Waals surface area (Å²) in [5.41, 5.74) is 0. The van der Waals surface area contributed by atoms with Crippen LogP contribution in [-0.4, -0.2) is 29.3 Å². The molecule has 1 aromatic carbocycles. The van der Waals surface area contributed by atoms with E-state index in [1.165, 1.54) is 0 Å². The van der Waals surface area contributed by atoms with Gasteiger partial charge in [-0.05, 0) is 12.1 Å². The summed E-state index contributed by atoms with van der Waals surface area (Å²) in [6.07, 6.45) is 0.0207. The van der Waals surface area contributed by atoms with Crippen LogP contribution >= 0.6 is 0 Å². The fourth-order valence-corrected chi connectivity index (χ4v) is 1.63. The van der Waals surface area contributed by atoms with Crippen LogP contribution in [0, 0.1) is 0 Å². The van der Waals surface area contributed by atoms with E-state index in [2.05, 4.69) is 10.1 Å². The molecule has 1 heterocycles. The Morgan fingerprint density at radius 2 is 2.00 bits per heavy atom. The van der Waals surface area contributed by atoms with Crippen molar-refractivity contribution >= 4 is 16.1 Å². The lowest BCUT2D eigenvalue weighted by molar-refractivity contribution is 0.198. The zero-order valence-corrected chi connectivity index (χ0v) is 10.2. The normalized spacial score (nSPS) is 11.2. The third kappa shape index (κ3) is 2.93. The fourth-order valence-electron chi connectivity index (χ4n) is 1.15. The summed E-state index contributed by atoms with van der Waals surface area (Å²) in [5.74, 6) is 5.10. The second kappa shape index (κ2) is 5.14. The van der Waals surface area contributed by atoms with E-state index in [0.29, 0.717) is 10.4 Å². The molecule has 0 amide bonds. The molecule has 0 saturated carbocycles. The molecular weight excluding hydrogens is 274 g/mol. The predicted molar refractivity (Wildman–Crippen MR) is 62.4 cm³/mol. The van der Waals surface area contributed by atoms with Crippen molar-refractivity contribution in [2.24, 2.45) is 5.84 Å². The van der Waals surface area contributed by atoms with Crippen molar-refractivity contribution in [3.05, 3.63) is 36.7 Å². The topological polar surface area (TPSA) is 129 Å². The minimum absolute atomic E-state index is 0.296. The van der Waals surface area contributed by atoms with Crippen LogP contribution in [0.4, 0.5) is 4.79 Å². The molecule has 0 fully saturated rings. The first-order valence-electron chi connectivity index (χ1n) is 4.94. The van der Waals surface area contributed by atoms with Crippen LogP contribution in [0.25, 0.3) is 0 Å². The Kier molecular flexibility index (Phi) is 3.55. The number of hydrazine groups is 1. The SMILES string of the molecule is NNS(=O)(=O)c1ncn(C(=O)Oc2ccccc2)n1. The number of nitrogens with one attached hydrogen (secondary N) is 1. The van der Waals surface area contributed by atoms with Crippen LogP contribution in [0.3, 0.4) is 0 Å². The van der Waals surface area contributed by atoms with Crippen LogP contribution in [0.1, 0.15) is 0 Å². The molecule has 0 unspecified atom stereocenters. The van der Waals surface area contributed by atoms with Crippen molar-refractivity contribution in [3.8, 4) is 5.75 Å². The largest absolute Gasteiger partial charge is 0.441 e. The molecular formula is C9H9N5O4S. The molecule has 0 atom stereocenters. The predicted octanol–water partition coefficient (Wildman–Crippen LogP) is -0.523. The third-order valence-corrected chi connectivity index (χ3v) is 2.98. The molecule has 2 aromatic rings. The van der Waals surface area contributed by atoms with Crippen molar-refractivity contribution < 1.29 is 17.9 Å². The van der Waals surface area contributed by atoms with Crippen LogP contribution in [-0.2, 0) is 10.0 Å². The zero-order valence-electron chi connectivity index (χ0n) is 9.42. The molecule has 0 saturated heterocycles. The Morgan fingerprint density at radius 3 is 2.63 bits per heavy atom. The number of benzene rings is 1. The molecule has 9 nitrogen and oxygen atoms in total. The van der Waals surface area contributed by atoms with E-state index in [0.717, 1.165) is 6.33 Å². The van der Waals surface area contributed by atoms with Gasteiger partial charge in [0.15, 0.2) is 0 Å². The summed E-state index contributed by atoms with van der Waals surface area (Å²) in [5, 5.41) is 2.82. The average molecular weight is 283 g/mol. The number of carbonyl (C=O) groups excluding carboxylic acids is 1. The number of carbonyl (C=O) groups is 1. The Labute approximate surface area is 108 Å². The number of nitrogens with zero attached hydrogens (tertiary/aromatic N) is 3. The van der Waals surface area contributed by atoms with E-state index >= 15 is 0 Å². The molecule has 0 radical (unpaired) electrons. The highest BCUT2D eigenvalue weighted by molar-refractivity contribution is 7.89. The van der Waals surface area contributed by atoms with Gasteiger partial charge in [0.2, 0.25) is 0 Å². The molecule has 19 heavy (non-hydrogen) atoms. The summed E-state index contributed by atoms with van der Waals surface area (Å²) in [7, 11) is -4.01. The molecule has 0 aliphatic rings. The molecule has 10 heteroatoms. The van der Waals surface area contributed by atoms with Gasteiger partial charge in [0, 0.05) is 0 Å². The van der Waals surface area contributed by atoms with Gasteiger partial charge in [-0.2, -0.15) is 4.68 Å². The Hall–Kier alpha value is -2.30. The van der Waals surface area contributed by atoms with Crippen LogP contribution < -0.4 is 15.4 Å². The van der Waals surface area contributed by atoms with Crippen molar-refractivity contribution in [1.29, 1.82) is 0 Å². The van der Waals surface area contributed by atoms with Gasteiger partial charge in [0.25, 0.3) is 15.2 Å².